The van der Waals surface area contributed by atoms with Gasteiger partial charge < -0.3 is 10.6 Å². The third-order valence-corrected chi connectivity index (χ3v) is 4.25. The zero-order valence-electron chi connectivity index (χ0n) is 11.3. The second-order valence-electron chi connectivity index (χ2n) is 4.70. The zero-order chi connectivity index (χ0) is 12.8. The fraction of sp³-hybridized carbons (Fsp3) is 0.692. The van der Waals surface area contributed by atoms with Crippen LogP contribution in [0.4, 0.5) is 5.13 Å². The van der Waals surface area contributed by atoms with Crippen LogP contribution in [0.5, 0.6) is 0 Å². The van der Waals surface area contributed by atoms with Crippen molar-refractivity contribution in [2.24, 2.45) is 0 Å². The van der Waals surface area contributed by atoms with Gasteiger partial charge >= 0.3 is 0 Å². The van der Waals surface area contributed by atoms with E-state index in [1.54, 1.807) is 11.3 Å². The minimum atomic E-state index is 0. The predicted octanol–water partition coefficient (Wildman–Crippen LogP) is 2.77. The van der Waals surface area contributed by atoms with Crippen LogP contribution in [0, 0.1) is 0 Å². The van der Waals surface area contributed by atoms with E-state index < -0.39 is 0 Å². The molecule has 0 spiro atoms. The molecule has 6 heteroatoms. The van der Waals surface area contributed by atoms with Gasteiger partial charge in [-0.2, -0.15) is 0 Å². The summed E-state index contributed by atoms with van der Waals surface area (Å²) in [5.74, 6) is 0.0779. The molecule has 0 saturated heterocycles. The first kappa shape index (κ1) is 16.4. The van der Waals surface area contributed by atoms with E-state index in [0.29, 0.717) is 6.42 Å². The fourth-order valence-electron chi connectivity index (χ4n) is 2.19. The van der Waals surface area contributed by atoms with Gasteiger partial charge in [-0.05, 0) is 45.7 Å². The number of nitrogens with zero attached hydrogens (tertiary/aromatic N) is 1. The molecule has 4 nitrogen and oxygen atoms in total. The predicted molar refractivity (Wildman–Crippen MR) is 82.4 cm³/mol. The van der Waals surface area contributed by atoms with E-state index >= 15 is 0 Å². The molecule has 1 heterocycles. The minimum absolute atomic E-state index is 0. The van der Waals surface area contributed by atoms with Crippen LogP contribution in [0.25, 0.3) is 0 Å². The average Bonchev–Trinajstić information content (AvgIpc) is 2.59. The minimum Gasteiger partial charge on any atom is -0.320 e. The Hall–Kier alpha value is -0.650. The van der Waals surface area contributed by atoms with Crippen LogP contribution in [0.15, 0.2) is 0 Å². The highest BCUT2D eigenvalue weighted by molar-refractivity contribution is 7.15. The number of rotatable bonds is 5. The number of nitrogens with one attached hydrogen (secondary N) is 2. The van der Waals surface area contributed by atoms with Crippen molar-refractivity contribution in [2.75, 3.05) is 18.9 Å². The van der Waals surface area contributed by atoms with Crippen molar-refractivity contribution in [3.8, 4) is 0 Å². The maximum atomic E-state index is 11.7. The zero-order valence-corrected chi connectivity index (χ0v) is 13.0. The first-order chi connectivity index (χ1) is 8.79. The Morgan fingerprint density at radius 3 is 2.89 bits per heavy atom. The van der Waals surface area contributed by atoms with Crippen LogP contribution < -0.4 is 10.6 Å². The molecule has 0 bridgehead atoms. The molecule has 2 rings (SSSR count). The Kier molecular flexibility index (Phi) is 7.34. The maximum Gasteiger partial charge on any atom is 0.226 e. The van der Waals surface area contributed by atoms with Crippen LogP contribution in [-0.2, 0) is 17.6 Å². The average molecular weight is 304 g/mol. The lowest BCUT2D eigenvalue weighted by Gasteiger charge is -2.01. The maximum absolute atomic E-state index is 11.7. The molecule has 1 aromatic heterocycles. The van der Waals surface area contributed by atoms with Gasteiger partial charge in [-0.25, -0.2) is 4.98 Å². The fourth-order valence-corrected chi connectivity index (χ4v) is 3.26. The van der Waals surface area contributed by atoms with E-state index in [-0.39, 0.29) is 18.3 Å². The van der Waals surface area contributed by atoms with E-state index in [9.17, 15) is 4.79 Å². The van der Waals surface area contributed by atoms with Crippen LogP contribution in [0.2, 0.25) is 0 Å². The van der Waals surface area contributed by atoms with Crippen molar-refractivity contribution < 1.29 is 4.79 Å². The number of halogens is 1. The lowest BCUT2D eigenvalue weighted by Crippen LogP contribution is -2.15. The van der Waals surface area contributed by atoms with Crippen molar-refractivity contribution in [1.29, 1.82) is 0 Å². The Bertz CT molecular complexity index is 385. The molecular weight excluding hydrogens is 282 g/mol. The number of anilines is 1. The second-order valence-corrected chi connectivity index (χ2v) is 5.79. The smallest absolute Gasteiger partial charge is 0.226 e. The van der Waals surface area contributed by atoms with Gasteiger partial charge in [-0.1, -0.05) is 6.42 Å². The summed E-state index contributed by atoms with van der Waals surface area (Å²) in [4.78, 5) is 17.6. The van der Waals surface area contributed by atoms with Crippen LogP contribution in [0.1, 0.15) is 42.7 Å². The topological polar surface area (TPSA) is 54.0 Å². The van der Waals surface area contributed by atoms with Gasteiger partial charge in [0.15, 0.2) is 5.13 Å². The largest absolute Gasteiger partial charge is 0.320 e. The summed E-state index contributed by atoms with van der Waals surface area (Å²) in [7, 11) is 1.90. The van der Waals surface area contributed by atoms with Gasteiger partial charge in [0.2, 0.25) is 5.91 Å². The van der Waals surface area contributed by atoms with E-state index in [2.05, 4.69) is 15.6 Å². The molecule has 1 aromatic rings. The molecule has 0 aliphatic heterocycles. The highest BCUT2D eigenvalue weighted by Gasteiger charge is 2.15. The van der Waals surface area contributed by atoms with Crippen molar-refractivity contribution in [2.45, 2.75) is 44.9 Å². The second kappa shape index (κ2) is 8.51. The molecule has 1 aliphatic carbocycles. The Labute approximate surface area is 124 Å². The molecule has 2 N–H and O–H groups in total. The Morgan fingerprint density at radius 2 is 2.11 bits per heavy atom. The molecule has 0 radical (unpaired) electrons. The van der Waals surface area contributed by atoms with Crippen molar-refractivity contribution in [3.63, 3.8) is 0 Å². The number of carbonyl (C=O) groups is 1. The first-order valence-corrected chi connectivity index (χ1v) is 7.54. The molecule has 0 aromatic carbocycles. The number of amides is 1. The molecule has 0 atom stereocenters. The normalized spacial score (nSPS) is 14.2. The van der Waals surface area contributed by atoms with Crippen molar-refractivity contribution in [1.82, 2.24) is 10.3 Å². The molecular formula is C13H22ClN3OS. The van der Waals surface area contributed by atoms with Crippen LogP contribution in [0.3, 0.4) is 0 Å². The summed E-state index contributed by atoms with van der Waals surface area (Å²) in [5, 5.41) is 6.75. The Morgan fingerprint density at radius 1 is 1.32 bits per heavy atom. The number of carbonyl (C=O) groups excluding carboxylic acids is 1. The standard InChI is InChI=1S/C13H21N3OS.ClH/c1-14-9-5-8-12(17)16-13-15-10-6-3-2-4-7-11(10)18-13;/h14H,2-9H2,1H3,(H,15,16,17);1H. The van der Waals surface area contributed by atoms with Gasteiger partial charge in [-0.3, -0.25) is 4.79 Å². The SMILES string of the molecule is CNCCCC(=O)Nc1nc2c(s1)CCCCC2.Cl. The number of thiazole rings is 1. The summed E-state index contributed by atoms with van der Waals surface area (Å²) in [6, 6.07) is 0. The van der Waals surface area contributed by atoms with Gasteiger partial charge in [-0.15, -0.1) is 23.7 Å². The summed E-state index contributed by atoms with van der Waals surface area (Å²) < 4.78 is 0. The van der Waals surface area contributed by atoms with Gasteiger partial charge in [0.1, 0.15) is 0 Å². The number of aromatic nitrogens is 1. The number of hydrogen-bond donors (Lipinski definition) is 2. The molecule has 0 unspecified atom stereocenters. The summed E-state index contributed by atoms with van der Waals surface area (Å²) in [6.07, 6.45) is 7.41. The van der Waals surface area contributed by atoms with Crippen molar-refractivity contribution >= 4 is 34.8 Å². The molecule has 1 aliphatic rings. The van der Waals surface area contributed by atoms with E-state index in [0.717, 1.165) is 30.9 Å². The highest BCUT2D eigenvalue weighted by Crippen LogP contribution is 2.28. The molecule has 1 amide bonds. The number of aryl methyl sites for hydroxylation is 2. The lowest BCUT2D eigenvalue weighted by atomic mass is 10.2. The summed E-state index contributed by atoms with van der Waals surface area (Å²) in [6.45, 7) is 0.877. The monoisotopic (exact) mass is 303 g/mol. The van der Waals surface area contributed by atoms with Crippen molar-refractivity contribution in [3.05, 3.63) is 10.6 Å². The number of fused-ring (bicyclic) bond motifs is 1. The first-order valence-electron chi connectivity index (χ1n) is 6.72. The van der Waals surface area contributed by atoms with Gasteiger partial charge in [0, 0.05) is 11.3 Å². The molecule has 19 heavy (non-hydrogen) atoms. The third-order valence-electron chi connectivity index (χ3n) is 3.17. The molecule has 0 fully saturated rings. The Balaban J connectivity index is 0.00000180. The summed E-state index contributed by atoms with van der Waals surface area (Å²) >= 11 is 1.66. The van der Waals surface area contributed by atoms with E-state index in [4.69, 9.17) is 0 Å². The van der Waals surface area contributed by atoms with E-state index in [1.807, 2.05) is 7.05 Å². The van der Waals surface area contributed by atoms with E-state index in [1.165, 1.54) is 29.8 Å². The lowest BCUT2D eigenvalue weighted by molar-refractivity contribution is -0.116. The highest BCUT2D eigenvalue weighted by atomic mass is 35.5. The molecule has 108 valence electrons. The van der Waals surface area contributed by atoms with Crippen LogP contribution in [-0.4, -0.2) is 24.5 Å². The quantitative estimate of drug-likeness (QED) is 0.649. The van der Waals surface area contributed by atoms with Gasteiger partial charge in [0.05, 0.1) is 5.69 Å². The third kappa shape index (κ3) is 5.09. The van der Waals surface area contributed by atoms with Crippen LogP contribution >= 0.6 is 23.7 Å². The summed E-state index contributed by atoms with van der Waals surface area (Å²) in [5.41, 5.74) is 1.21. The van der Waals surface area contributed by atoms with Gasteiger partial charge in [0.25, 0.3) is 0 Å². The number of hydrogen-bond acceptors (Lipinski definition) is 4. The molecule has 0 saturated carbocycles.